The Labute approximate surface area is 135 Å². The summed E-state index contributed by atoms with van der Waals surface area (Å²) in [6, 6.07) is 11.2. The van der Waals surface area contributed by atoms with Crippen molar-refractivity contribution in [3.8, 4) is 0 Å². The van der Waals surface area contributed by atoms with Gasteiger partial charge in [-0.2, -0.15) is 0 Å². The van der Waals surface area contributed by atoms with E-state index in [1.165, 1.54) is 0 Å². The number of carbonyl (C=O) groups is 2. The van der Waals surface area contributed by atoms with Crippen LogP contribution in [0.25, 0.3) is 0 Å². The fourth-order valence-corrected chi connectivity index (χ4v) is 2.81. The van der Waals surface area contributed by atoms with Gasteiger partial charge in [-0.25, -0.2) is 4.98 Å². The molecule has 0 unspecified atom stereocenters. The number of pyridine rings is 1. The van der Waals surface area contributed by atoms with Gasteiger partial charge in [0.05, 0.1) is 5.92 Å². The average Bonchev–Trinajstić information content (AvgIpc) is 2.93. The van der Waals surface area contributed by atoms with E-state index in [-0.39, 0.29) is 24.2 Å². The van der Waals surface area contributed by atoms with E-state index in [1.54, 1.807) is 23.2 Å². The van der Waals surface area contributed by atoms with Gasteiger partial charge in [-0.05, 0) is 43.2 Å². The summed E-state index contributed by atoms with van der Waals surface area (Å²) >= 11 is 0. The lowest BCUT2D eigenvalue weighted by molar-refractivity contribution is -0.122. The fraction of sp³-hybridized carbons (Fsp3) is 0.278. The molecule has 1 aromatic heterocycles. The SMILES string of the molecule is Cc1cccc(N2C[C@@H](C(=O)Nc3ccccn3)CC2=O)c1C. The van der Waals surface area contributed by atoms with Crippen LogP contribution in [-0.2, 0) is 9.59 Å². The summed E-state index contributed by atoms with van der Waals surface area (Å²) in [4.78, 5) is 30.5. The predicted molar refractivity (Wildman–Crippen MR) is 89.2 cm³/mol. The summed E-state index contributed by atoms with van der Waals surface area (Å²) in [5.74, 6) is -0.0238. The molecule has 1 aromatic carbocycles. The van der Waals surface area contributed by atoms with Crippen molar-refractivity contribution in [1.29, 1.82) is 0 Å². The number of hydrogen-bond donors (Lipinski definition) is 1. The normalized spacial score (nSPS) is 17.4. The molecule has 1 aliphatic rings. The second kappa shape index (κ2) is 6.20. The van der Waals surface area contributed by atoms with Gasteiger partial charge in [-0.3, -0.25) is 9.59 Å². The summed E-state index contributed by atoms with van der Waals surface area (Å²) in [7, 11) is 0. The van der Waals surface area contributed by atoms with Crippen LogP contribution in [0.2, 0.25) is 0 Å². The van der Waals surface area contributed by atoms with Gasteiger partial charge in [-0.15, -0.1) is 0 Å². The number of anilines is 2. The highest BCUT2D eigenvalue weighted by molar-refractivity contribution is 6.03. The van der Waals surface area contributed by atoms with Gasteiger partial charge in [0, 0.05) is 24.8 Å². The highest BCUT2D eigenvalue weighted by atomic mass is 16.2. The van der Waals surface area contributed by atoms with Crippen molar-refractivity contribution in [3.05, 3.63) is 53.7 Å². The van der Waals surface area contributed by atoms with E-state index in [2.05, 4.69) is 10.3 Å². The Bertz CT molecular complexity index is 743. The molecule has 5 heteroatoms. The molecule has 1 aliphatic heterocycles. The van der Waals surface area contributed by atoms with E-state index in [1.807, 2.05) is 38.1 Å². The summed E-state index contributed by atoms with van der Waals surface area (Å²) in [5.41, 5.74) is 3.10. The van der Waals surface area contributed by atoms with E-state index < -0.39 is 0 Å². The summed E-state index contributed by atoms with van der Waals surface area (Å²) < 4.78 is 0. The molecule has 2 aromatic rings. The standard InChI is InChI=1S/C18H19N3O2/c1-12-6-5-7-15(13(12)2)21-11-14(10-17(21)22)18(23)20-16-8-3-4-9-19-16/h3-9,14H,10-11H2,1-2H3,(H,19,20,23)/t14-/m0/s1. The van der Waals surface area contributed by atoms with Crippen LogP contribution in [0.4, 0.5) is 11.5 Å². The molecule has 5 nitrogen and oxygen atoms in total. The highest BCUT2D eigenvalue weighted by Crippen LogP contribution is 2.29. The van der Waals surface area contributed by atoms with E-state index in [4.69, 9.17) is 0 Å². The zero-order valence-electron chi connectivity index (χ0n) is 13.2. The van der Waals surface area contributed by atoms with Crippen molar-refractivity contribution < 1.29 is 9.59 Å². The van der Waals surface area contributed by atoms with Crippen LogP contribution in [0.15, 0.2) is 42.6 Å². The van der Waals surface area contributed by atoms with Crippen LogP contribution >= 0.6 is 0 Å². The highest BCUT2D eigenvalue weighted by Gasteiger charge is 2.35. The first-order valence-corrected chi connectivity index (χ1v) is 7.64. The Morgan fingerprint density at radius 1 is 1.22 bits per heavy atom. The molecule has 2 heterocycles. The molecular weight excluding hydrogens is 290 g/mol. The maximum Gasteiger partial charge on any atom is 0.230 e. The van der Waals surface area contributed by atoms with Crippen molar-refractivity contribution in [2.75, 3.05) is 16.8 Å². The van der Waals surface area contributed by atoms with E-state index in [0.29, 0.717) is 12.4 Å². The number of benzene rings is 1. The molecular formula is C18H19N3O2. The van der Waals surface area contributed by atoms with Crippen molar-refractivity contribution in [2.45, 2.75) is 20.3 Å². The lowest BCUT2D eigenvalue weighted by atomic mass is 10.1. The van der Waals surface area contributed by atoms with Gasteiger partial charge < -0.3 is 10.2 Å². The molecule has 3 rings (SSSR count). The summed E-state index contributed by atoms with van der Waals surface area (Å²) in [6.45, 7) is 4.42. The Hall–Kier alpha value is -2.69. The largest absolute Gasteiger partial charge is 0.311 e. The number of aromatic nitrogens is 1. The van der Waals surface area contributed by atoms with Crippen LogP contribution in [0, 0.1) is 19.8 Å². The summed E-state index contributed by atoms with van der Waals surface area (Å²) in [5, 5.41) is 2.77. The Kier molecular flexibility index (Phi) is 4.10. The molecule has 1 N–H and O–H groups in total. The lowest BCUT2D eigenvalue weighted by Gasteiger charge is -2.20. The second-order valence-corrected chi connectivity index (χ2v) is 5.83. The molecule has 2 amide bonds. The van der Waals surface area contributed by atoms with E-state index in [0.717, 1.165) is 16.8 Å². The number of aryl methyl sites for hydroxylation is 1. The van der Waals surface area contributed by atoms with Crippen LogP contribution in [0.3, 0.4) is 0 Å². The number of rotatable bonds is 3. The van der Waals surface area contributed by atoms with Gasteiger partial charge in [0.15, 0.2) is 0 Å². The van der Waals surface area contributed by atoms with Gasteiger partial charge in [0.2, 0.25) is 11.8 Å². The molecule has 1 saturated heterocycles. The van der Waals surface area contributed by atoms with Gasteiger partial charge in [0.25, 0.3) is 0 Å². The van der Waals surface area contributed by atoms with Crippen LogP contribution in [0.1, 0.15) is 17.5 Å². The number of carbonyl (C=O) groups excluding carboxylic acids is 2. The number of hydrogen-bond acceptors (Lipinski definition) is 3. The van der Waals surface area contributed by atoms with Crippen molar-refractivity contribution in [1.82, 2.24) is 4.98 Å². The van der Waals surface area contributed by atoms with Gasteiger partial charge >= 0.3 is 0 Å². The minimum Gasteiger partial charge on any atom is -0.311 e. The van der Waals surface area contributed by atoms with Crippen LogP contribution in [-0.4, -0.2) is 23.3 Å². The number of nitrogens with one attached hydrogen (secondary N) is 1. The first kappa shape index (κ1) is 15.2. The van der Waals surface area contributed by atoms with Gasteiger partial charge in [0.1, 0.15) is 5.82 Å². The van der Waals surface area contributed by atoms with Crippen molar-refractivity contribution in [3.63, 3.8) is 0 Å². The molecule has 1 atom stereocenters. The van der Waals surface area contributed by atoms with E-state index >= 15 is 0 Å². The molecule has 118 valence electrons. The zero-order valence-corrected chi connectivity index (χ0v) is 13.2. The third-order valence-corrected chi connectivity index (χ3v) is 4.28. The second-order valence-electron chi connectivity index (χ2n) is 5.83. The average molecular weight is 309 g/mol. The minimum atomic E-state index is -0.357. The third kappa shape index (κ3) is 3.08. The molecule has 0 radical (unpaired) electrons. The molecule has 0 saturated carbocycles. The Morgan fingerprint density at radius 3 is 2.78 bits per heavy atom. The van der Waals surface area contributed by atoms with Gasteiger partial charge in [-0.1, -0.05) is 18.2 Å². The topological polar surface area (TPSA) is 62.3 Å². The minimum absolute atomic E-state index is 0.0140. The van der Waals surface area contributed by atoms with Crippen LogP contribution < -0.4 is 10.2 Å². The van der Waals surface area contributed by atoms with Crippen LogP contribution in [0.5, 0.6) is 0 Å². The lowest BCUT2D eigenvalue weighted by Crippen LogP contribution is -2.28. The zero-order chi connectivity index (χ0) is 16.4. The monoisotopic (exact) mass is 309 g/mol. The van der Waals surface area contributed by atoms with E-state index in [9.17, 15) is 9.59 Å². The maximum absolute atomic E-state index is 12.4. The molecule has 0 spiro atoms. The number of amides is 2. The first-order valence-electron chi connectivity index (χ1n) is 7.64. The molecule has 0 bridgehead atoms. The smallest absolute Gasteiger partial charge is 0.230 e. The predicted octanol–water partition coefficient (Wildman–Crippen LogP) is 2.69. The first-order chi connectivity index (χ1) is 11.1. The number of nitrogens with zero attached hydrogens (tertiary/aromatic N) is 2. The van der Waals surface area contributed by atoms with Crippen molar-refractivity contribution in [2.24, 2.45) is 5.92 Å². The quantitative estimate of drug-likeness (QED) is 0.948. The molecule has 1 fully saturated rings. The molecule has 23 heavy (non-hydrogen) atoms. The Balaban J connectivity index is 1.75. The maximum atomic E-state index is 12.4. The summed E-state index contributed by atoms with van der Waals surface area (Å²) in [6.07, 6.45) is 1.85. The molecule has 0 aliphatic carbocycles. The third-order valence-electron chi connectivity index (χ3n) is 4.28. The Morgan fingerprint density at radius 2 is 2.04 bits per heavy atom. The fourth-order valence-electron chi connectivity index (χ4n) is 2.81. The van der Waals surface area contributed by atoms with Crippen molar-refractivity contribution >= 4 is 23.3 Å².